The van der Waals surface area contributed by atoms with E-state index in [1.807, 2.05) is 47.4 Å². The van der Waals surface area contributed by atoms with Crippen LogP contribution in [0.25, 0.3) is 11.4 Å². The molecule has 1 fully saturated rings. The zero-order valence-electron chi connectivity index (χ0n) is 18.0. The van der Waals surface area contributed by atoms with E-state index in [0.29, 0.717) is 24.1 Å². The molecule has 162 valence electrons. The molecule has 1 saturated heterocycles. The summed E-state index contributed by atoms with van der Waals surface area (Å²) in [5.41, 5.74) is 2.17. The van der Waals surface area contributed by atoms with Crippen molar-refractivity contribution < 1.29 is 14.1 Å². The molecule has 0 N–H and O–H groups in total. The molecular weight excluding hydrogens is 390 g/mol. The van der Waals surface area contributed by atoms with Gasteiger partial charge in [0.15, 0.2) is 0 Å². The Morgan fingerprint density at radius 2 is 1.94 bits per heavy atom. The molecule has 4 rings (SSSR count). The minimum atomic E-state index is 0.271. The number of methoxy groups -OCH3 is 1. The summed E-state index contributed by atoms with van der Waals surface area (Å²) in [5.74, 6) is 2.74. The van der Waals surface area contributed by atoms with Crippen LogP contribution in [0.5, 0.6) is 5.75 Å². The van der Waals surface area contributed by atoms with E-state index in [9.17, 15) is 4.79 Å². The van der Waals surface area contributed by atoms with Crippen LogP contribution in [0.2, 0.25) is 0 Å². The van der Waals surface area contributed by atoms with Crippen LogP contribution in [0.3, 0.4) is 0 Å². The maximum Gasteiger partial charge on any atom is 0.227 e. The number of carbonyl (C=O) groups is 1. The van der Waals surface area contributed by atoms with E-state index in [2.05, 4.69) is 22.3 Å². The van der Waals surface area contributed by atoms with Crippen molar-refractivity contribution in [1.82, 2.24) is 15.0 Å². The van der Waals surface area contributed by atoms with Gasteiger partial charge in [0.1, 0.15) is 5.75 Å². The number of aromatic nitrogens is 2. The Labute approximate surface area is 183 Å². The molecule has 1 aliphatic heterocycles. The Kier molecular flexibility index (Phi) is 6.97. The molecule has 0 aliphatic carbocycles. The molecule has 1 aromatic heterocycles. The third-order valence-electron chi connectivity index (χ3n) is 5.93. The molecule has 0 atom stereocenters. The van der Waals surface area contributed by atoms with Gasteiger partial charge in [0, 0.05) is 31.5 Å². The average molecular weight is 420 g/mol. The SMILES string of the molecule is COc1cccc(-c2noc(CC3CCN(C(=O)CCCc4ccccc4)CC3)n2)c1. The summed E-state index contributed by atoms with van der Waals surface area (Å²) in [6.45, 7) is 1.62. The zero-order valence-corrected chi connectivity index (χ0v) is 18.0. The molecule has 1 aliphatic rings. The highest BCUT2D eigenvalue weighted by Crippen LogP contribution is 2.25. The Hall–Kier alpha value is -3.15. The van der Waals surface area contributed by atoms with Crippen molar-refractivity contribution in [3.63, 3.8) is 0 Å². The number of likely N-dealkylation sites (tertiary alicyclic amines) is 1. The summed E-state index contributed by atoms with van der Waals surface area (Å²) >= 11 is 0. The van der Waals surface area contributed by atoms with E-state index >= 15 is 0 Å². The highest BCUT2D eigenvalue weighted by atomic mass is 16.5. The Balaban J connectivity index is 1.22. The van der Waals surface area contributed by atoms with Crippen LogP contribution in [0, 0.1) is 5.92 Å². The number of carbonyl (C=O) groups excluding carboxylic acids is 1. The second-order valence-electron chi connectivity index (χ2n) is 8.11. The van der Waals surface area contributed by atoms with Crippen LogP contribution < -0.4 is 4.74 Å². The van der Waals surface area contributed by atoms with Gasteiger partial charge in [-0.15, -0.1) is 0 Å². The predicted molar refractivity (Wildman–Crippen MR) is 119 cm³/mol. The number of hydrogen-bond acceptors (Lipinski definition) is 5. The second-order valence-corrected chi connectivity index (χ2v) is 8.11. The molecule has 3 aromatic rings. The Morgan fingerprint density at radius 3 is 2.71 bits per heavy atom. The van der Waals surface area contributed by atoms with Crippen LogP contribution in [-0.4, -0.2) is 41.1 Å². The lowest BCUT2D eigenvalue weighted by Gasteiger charge is -2.31. The fraction of sp³-hybridized carbons (Fsp3) is 0.400. The van der Waals surface area contributed by atoms with Gasteiger partial charge in [-0.05, 0) is 49.3 Å². The van der Waals surface area contributed by atoms with Gasteiger partial charge in [0.25, 0.3) is 0 Å². The molecule has 2 heterocycles. The number of piperidine rings is 1. The molecule has 31 heavy (non-hydrogen) atoms. The lowest BCUT2D eigenvalue weighted by molar-refractivity contribution is -0.132. The first-order valence-electron chi connectivity index (χ1n) is 11.0. The monoisotopic (exact) mass is 419 g/mol. The Bertz CT molecular complexity index is 978. The van der Waals surface area contributed by atoms with E-state index < -0.39 is 0 Å². The summed E-state index contributed by atoms with van der Waals surface area (Å²) < 4.78 is 10.7. The van der Waals surface area contributed by atoms with Crippen LogP contribution in [0.15, 0.2) is 59.1 Å². The van der Waals surface area contributed by atoms with Gasteiger partial charge in [0.05, 0.1) is 7.11 Å². The first-order chi connectivity index (χ1) is 15.2. The molecule has 0 spiro atoms. The van der Waals surface area contributed by atoms with Gasteiger partial charge in [-0.1, -0.05) is 47.6 Å². The quantitative estimate of drug-likeness (QED) is 0.536. The average Bonchev–Trinajstić information content (AvgIpc) is 3.29. The van der Waals surface area contributed by atoms with E-state index in [1.54, 1.807) is 7.11 Å². The lowest BCUT2D eigenvalue weighted by Crippen LogP contribution is -2.38. The number of ether oxygens (including phenoxy) is 1. The van der Waals surface area contributed by atoms with Crippen LogP contribution in [-0.2, 0) is 17.6 Å². The normalized spacial score (nSPS) is 14.5. The van der Waals surface area contributed by atoms with Crippen molar-refractivity contribution in [2.75, 3.05) is 20.2 Å². The number of rotatable bonds is 8. The largest absolute Gasteiger partial charge is 0.497 e. The number of aryl methyl sites for hydroxylation is 1. The van der Waals surface area contributed by atoms with Crippen molar-refractivity contribution in [2.45, 2.75) is 38.5 Å². The summed E-state index contributed by atoms with van der Waals surface area (Å²) in [5, 5.41) is 4.12. The maximum atomic E-state index is 12.5. The standard InChI is InChI=1S/C25H29N3O3/c1-30-22-11-6-10-21(18-22)25-26-23(31-27-25)17-20-13-15-28(16-14-20)24(29)12-5-9-19-7-3-2-4-8-19/h2-4,6-8,10-11,18,20H,5,9,12-17H2,1H3. The molecular formula is C25H29N3O3. The Morgan fingerprint density at radius 1 is 1.13 bits per heavy atom. The fourth-order valence-electron chi connectivity index (χ4n) is 4.10. The highest BCUT2D eigenvalue weighted by Gasteiger charge is 2.24. The van der Waals surface area contributed by atoms with Crippen molar-refractivity contribution in [3.8, 4) is 17.1 Å². The molecule has 6 nitrogen and oxygen atoms in total. The van der Waals surface area contributed by atoms with E-state index in [0.717, 1.165) is 56.5 Å². The lowest BCUT2D eigenvalue weighted by atomic mass is 9.93. The second kappa shape index (κ2) is 10.2. The molecule has 2 aromatic carbocycles. The zero-order chi connectivity index (χ0) is 21.5. The summed E-state index contributed by atoms with van der Waals surface area (Å²) in [7, 11) is 1.64. The topological polar surface area (TPSA) is 68.5 Å². The molecule has 0 radical (unpaired) electrons. The minimum absolute atomic E-state index is 0.271. The number of amides is 1. The first-order valence-corrected chi connectivity index (χ1v) is 11.0. The maximum absolute atomic E-state index is 12.5. The molecule has 0 bridgehead atoms. The molecule has 6 heteroatoms. The van der Waals surface area contributed by atoms with Crippen molar-refractivity contribution in [2.24, 2.45) is 5.92 Å². The van der Waals surface area contributed by atoms with Crippen LogP contribution in [0.1, 0.15) is 37.1 Å². The van der Waals surface area contributed by atoms with E-state index in [-0.39, 0.29) is 5.91 Å². The minimum Gasteiger partial charge on any atom is -0.497 e. The van der Waals surface area contributed by atoms with Crippen molar-refractivity contribution >= 4 is 5.91 Å². The number of benzene rings is 2. The van der Waals surface area contributed by atoms with Gasteiger partial charge in [-0.25, -0.2) is 0 Å². The van der Waals surface area contributed by atoms with Gasteiger partial charge in [0.2, 0.25) is 17.6 Å². The molecule has 0 unspecified atom stereocenters. The van der Waals surface area contributed by atoms with Gasteiger partial charge < -0.3 is 14.2 Å². The third kappa shape index (κ3) is 5.72. The third-order valence-corrected chi connectivity index (χ3v) is 5.93. The van der Waals surface area contributed by atoms with Crippen molar-refractivity contribution in [3.05, 3.63) is 66.1 Å². The number of hydrogen-bond donors (Lipinski definition) is 0. The fourth-order valence-corrected chi connectivity index (χ4v) is 4.10. The van der Waals surface area contributed by atoms with Crippen LogP contribution in [0.4, 0.5) is 0 Å². The summed E-state index contributed by atoms with van der Waals surface area (Å²) in [4.78, 5) is 19.1. The summed E-state index contributed by atoms with van der Waals surface area (Å²) in [6, 6.07) is 18.0. The predicted octanol–water partition coefficient (Wildman–Crippen LogP) is 4.55. The highest BCUT2D eigenvalue weighted by molar-refractivity contribution is 5.76. The van der Waals surface area contributed by atoms with Crippen molar-refractivity contribution in [1.29, 1.82) is 0 Å². The van der Waals surface area contributed by atoms with Crippen LogP contribution >= 0.6 is 0 Å². The molecule has 1 amide bonds. The number of nitrogens with zero attached hydrogens (tertiary/aromatic N) is 3. The van der Waals surface area contributed by atoms with Gasteiger partial charge in [-0.2, -0.15) is 4.98 Å². The van der Waals surface area contributed by atoms with E-state index in [1.165, 1.54) is 5.56 Å². The summed E-state index contributed by atoms with van der Waals surface area (Å²) in [6.07, 6.45) is 5.18. The van der Waals surface area contributed by atoms with Gasteiger partial charge in [-0.3, -0.25) is 4.79 Å². The smallest absolute Gasteiger partial charge is 0.227 e. The molecule has 0 saturated carbocycles. The van der Waals surface area contributed by atoms with Gasteiger partial charge >= 0.3 is 0 Å². The van der Waals surface area contributed by atoms with E-state index in [4.69, 9.17) is 9.26 Å². The first kappa shape index (κ1) is 21.1.